The maximum Gasteiger partial charge on any atom is 0.138 e. The summed E-state index contributed by atoms with van der Waals surface area (Å²) in [4.78, 5) is 2.38. The van der Waals surface area contributed by atoms with Crippen LogP contribution in [0.4, 0.5) is 5.69 Å². The number of piperidine rings is 1. The second-order valence-electron chi connectivity index (χ2n) is 5.55. The minimum absolute atomic E-state index is 0.196. The third-order valence-corrected chi connectivity index (χ3v) is 4.46. The largest absolute Gasteiger partial charge is 0.489 e. The van der Waals surface area contributed by atoms with Crippen molar-refractivity contribution < 1.29 is 4.74 Å². The molecule has 4 heteroatoms. The maximum absolute atomic E-state index is 6.16. The smallest absolute Gasteiger partial charge is 0.138 e. The van der Waals surface area contributed by atoms with Crippen LogP contribution < -0.4 is 9.64 Å². The number of anilines is 1. The maximum atomic E-state index is 6.16. The predicted molar refractivity (Wildman–Crippen MR) is 93.2 cm³/mol. The van der Waals surface area contributed by atoms with Crippen LogP contribution in [0, 0.1) is 6.92 Å². The molecule has 0 bridgehead atoms. The molecule has 22 heavy (non-hydrogen) atoms. The highest BCUT2D eigenvalue weighted by Crippen LogP contribution is 2.30. The average molecular weight is 335 g/mol. The van der Waals surface area contributed by atoms with Crippen LogP contribution in [-0.4, -0.2) is 19.2 Å². The van der Waals surface area contributed by atoms with E-state index >= 15 is 0 Å². The molecule has 2 nitrogen and oxygen atoms in total. The fraction of sp³-hybridized carbons (Fsp3) is 0.278. The number of hydrogen-bond donors (Lipinski definition) is 0. The van der Waals surface area contributed by atoms with Gasteiger partial charge in [-0.3, -0.25) is 0 Å². The lowest BCUT2D eigenvalue weighted by atomic mass is 10.1. The minimum Gasteiger partial charge on any atom is -0.489 e. The fourth-order valence-electron chi connectivity index (χ4n) is 2.69. The van der Waals surface area contributed by atoms with Gasteiger partial charge in [-0.2, -0.15) is 0 Å². The summed E-state index contributed by atoms with van der Waals surface area (Å²) in [6, 6.07) is 13.7. The summed E-state index contributed by atoms with van der Waals surface area (Å²) in [5, 5.41) is 1.20. The van der Waals surface area contributed by atoms with Crippen LogP contribution in [0.1, 0.15) is 18.4 Å². The molecular formula is C18H18Cl2NO. The number of nitrogens with zero attached hydrogens (tertiary/aromatic N) is 1. The molecule has 1 fully saturated rings. The topological polar surface area (TPSA) is 12.5 Å². The Bertz CT molecular complexity index is 634. The Labute approximate surface area is 141 Å². The van der Waals surface area contributed by atoms with E-state index in [4.69, 9.17) is 27.9 Å². The van der Waals surface area contributed by atoms with Gasteiger partial charge < -0.3 is 9.64 Å². The van der Waals surface area contributed by atoms with Crippen LogP contribution in [0.2, 0.25) is 10.0 Å². The molecule has 1 heterocycles. The third kappa shape index (κ3) is 3.68. The van der Waals surface area contributed by atoms with Crippen LogP contribution in [0.15, 0.2) is 42.5 Å². The molecule has 0 spiro atoms. The monoisotopic (exact) mass is 334 g/mol. The van der Waals surface area contributed by atoms with Crippen LogP contribution in [0.25, 0.3) is 0 Å². The first-order valence-electron chi connectivity index (χ1n) is 7.40. The number of rotatable bonds is 3. The standard InChI is InChI=1S/C18H18Cl2NO/c1-13-2-5-15(6-3-13)21-10-8-16(9-11-21)22-18-7-4-14(19)12-17(18)20/h2-7,12,16H,1,8-11H2. The van der Waals surface area contributed by atoms with Crippen molar-refractivity contribution in [3.05, 3.63) is 65.0 Å². The molecule has 2 aromatic rings. The first-order chi connectivity index (χ1) is 10.6. The molecule has 1 aliphatic rings. The lowest BCUT2D eigenvalue weighted by Gasteiger charge is -2.34. The van der Waals surface area contributed by atoms with Gasteiger partial charge in [0.05, 0.1) is 5.02 Å². The average Bonchev–Trinajstić information content (AvgIpc) is 2.52. The van der Waals surface area contributed by atoms with E-state index in [1.165, 1.54) is 5.69 Å². The Morgan fingerprint density at radius 1 is 1.00 bits per heavy atom. The van der Waals surface area contributed by atoms with Crippen LogP contribution in [0.3, 0.4) is 0 Å². The number of hydrogen-bond acceptors (Lipinski definition) is 2. The van der Waals surface area contributed by atoms with E-state index in [-0.39, 0.29) is 6.10 Å². The fourth-order valence-corrected chi connectivity index (χ4v) is 3.14. The molecule has 0 saturated carbocycles. The molecule has 1 radical (unpaired) electrons. The van der Waals surface area contributed by atoms with Crippen molar-refractivity contribution in [1.82, 2.24) is 0 Å². The van der Waals surface area contributed by atoms with E-state index in [1.807, 2.05) is 18.2 Å². The van der Waals surface area contributed by atoms with E-state index in [0.717, 1.165) is 31.5 Å². The van der Waals surface area contributed by atoms with Gasteiger partial charge in [-0.1, -0.05) is 35.3 Å². The quantitative estimate of drug-likeness (QED) is 0.762. The normalized spacial score (nSPS) is 15.9. The highest BCUT2D eigenvalue weighted by molar-refractivity contribution is 6.35. The first-order valence-corrected chi connectivity index (χ1v) is 8.16. The second kappa shape index (κ2) is 6.80. The Morgan fingerprint density at radius 2 is 1.68 bits per heavy atom. The van der Waals surface area contributed by atoms with Crippen LogP contribution >= 0.6 is 23.2 Å². The Morgan fingerprint density at radius 3 is 2.32 bits per heavy atom. The Kier molecular flexibility index (Phi) is 4.80. The van der Waals surface area contributed by atoms with Gasteiger partial charge in [0.25, 0.3) is 0 Å². The van der Waals surface area contributed by atoms with Gasteiger partial charge in [0, 0.05) is 36.6 Å². The van der Waals surface area contributed by atoms with E-state index < -0.39 is 0 Å². The lowest BCUT2D eigenvalue weighted by molar-refractivity contribution is 0.171. The highest BCUT2D eigenvalue weighted by atomic mass is 35.5. The van der Waals surface area contributed by atoms with E-state index in [1.54, 1.807) is 12.1 Å². The van der Waals surface area contributed by atoms with Crippen molar-refractivity contribution in [2.24, 2.45) is 0 Å². The zero-order chi connectivity index (χ0) is 15.5. The van der Waals surface area contributed by atoms with Crippen molar-refractivity contribution in [3.63, 3.8) is 0 Å². The lowest BCUT2D eigenvalue weighted by Crippen LogP contribution is -2.38. The molecule has 0 aliphatic carbocycles. The number of halogens is 2. The van der Waals surface area contributed by atoms with Gasteiger partial charge in [0.15, 0.2) is 0 Å². The van der Waals surface area contributed by atoms with Crippen molar-refractivity contribution in [2.75, 3.05) is 18.0 Å². The molecule has 0 N–H and O–H groups in total. The summed E-state index contributed by atoms with van der Waals surface area (Å²) in [6.45, 7) is 5.88. The molecule has 0 aromatic heterocycles. The summed E-state index contributed by atoms with van der Waals surface area (Å²) in [7, 11) is 0. The molecular weight excluding hydrogens is 317 g/mol. The molecule has 115 valence electrons. The molecule has 0 amide bonds. The third-order valence-electron chi connectivity index (χ3n) is 3.93. The Balaban J connectivity index is 1.58. The molecule has 0 atom stereocenters. The summed E-state index contributed by atoms with van der Waals surface area (Å²) in [6.07, 6.45) is 2.15. The Hall–Kier alpha value is -1.38. The molecule has 2 aromatic carbocycles. The van der Waals surface area contributed by atoms with E-state index in [9.17, 15) is 0 Å². The zero-order valence-electron chi connectivity index (χ0n) is 12.3. The molecule has 1 aliphatic heterocycles. The van der Waals surface area contributed by atoms with Crippen LogP contribution in [0.5, 0.6) is 5.75 Å². The van der Waals surface area contributed by atoms with Gasteiger partial charge in [0.1, 0.15) is 11.9 Å². The summed E-state index contributed by atoms with van der Waals surface area (Å²) in [5.74, 6) is 0.714. The van der Waals surface area contributed by atoms with Gasteiger partial charge in [-0.05, 0) is 42.8 Å². The van der Waals surface area contributed by atoms with Gasteiger partial charge >= 0.3 is 0 Å². The van der Waals surface area contributed by atoms with E-state index in [2.05, 4.69) is 24.0 Å². The summed E-state index contributed by atoms with van der Waals surface area (Å²) >= 11 is 12.1. The first kappa shape index (κ1) is 15.5. The SMILES string of the molecule is [CH2]c1ccc(N2CCC(Oc3ccc(Cl)cc3Cl)CC2)cc1. The highest BCUT2D eigenvalue weighted by Gasteiger charge is 2.21. The number of ether oxygens (including phenoxy) is 1. The van der Waals surface area contributed by atoms with Crippen molar-refractivity contribution >= 4 is 28.9 Å². The summed E-state index contributed by atoms with van der Waals surface area (Å²) in [5.41, 5.74) is 2.29. The number of benzene rings is 2. The van der Waals surface area contributed by atoms with Gasteiger partial charge in [-0.15, -0.1) is 0 Å². The molecule has 1 saturated heterocycles. The minimum atomic E-state index is 0.196. The van der Waals surface area contributed by atoms with Crippen molar-refractivity contribution in [2.45, 2.75) is 18.9 Å². The molecule has 3 rings (SSSR count). The second-order valence-corrected chi connectivity index (χ2v) is 6.39. The van der Waals surface area contributed by atoms with Crippen molar-refractivity contribution in [3.8, 4) is 5.75 Å². The van der Waals surface area contributed by atoms with Gasteiger partial charge in [-0.25, -0.2) is 0 Å². The molecule has 0 unspecified atom stereocenters. The van der Waals surface area contributed by atoms with Crippen LogP contribution in [-0.2, 0) is 0 Å². The zero-order valence-corrected chi connectivity index (χ0v) is 13.8. The van der Waals surface area contributed by atoms with E-state index in [0.29, 0.717) is 15.8 Å². The van der Waals surface area contributed by atoms with Crippen molar-refractivity contribution in [1.29, 1.82) is 0 Å². The summed E-state index contributed by atoms with van der Waals surface area (Å²) < 4.78 is 6.02. The van der Waals surface area contributed by atoms with Gasteiger partial charge in [0.2, 0.25) is 0 Å². The predicted octanol–water partition coefficient (Wildman–Crippen LogP) is 5.22.